The molecule has 14 heavy (non-hydrogen) atoms. The van der Waals surface area contributed by atoms with Gasteiger partial charge in [0.1, 0.15) is 5.82 Å². The Bertz CT molecular complexity index is 485. The predicted molar refractivity (Wildman–Crippen MR) is 52.9 cm³/mol. The van der Waals surface area contributed by atoms with E-state index in [9.17, 15) is 0 Å². The Morgan fingerprint density at radius 1 is 1.21 bits per heavy atom. The molecule has 0 aliphatic heterocycles. The minimum atomic E-state index is 0.486. The number of aryl methyl sites for hydroxylation is 3. The molecule has 0 aliphatic rings. The van der Waals surface area contributed by atoms with Gasteiger partial charge < -0.3 is 5.73 Å². The maximum atomic E-state index is 5.65. The fourth-order valence-electron chi connectivity index (χ4n) is 1.60. The lowest BCUT2D eigenvalue weighted by Crippen LogP contribution is -2.09. The first kappa shape index (κ1) is 9.08. The first-order valence-corrected chi connectivity index (χ1v) is 4.53. The number of aromatic nitrogens is 4. The van der Waals surface area contributed by atoms with Gasteiger partial charge in [-0.2, -0.15) is 10.1 Å². The van der Waals surface area contributed by atoms with Crippen molar-refractivity contribution in [3.8, 4) is 0 Å². The second-order valence-corrected chi connectivity index (χ2v) is 3.34. The van der Waals surface area contributed by atoms with Crippen molar-refractivity contribution in [2.24, 2.45) is 5.73 Å². The van der Waals surface area contributed by atoms with Gasteiger partial charge in [-0.1, -0.05) is 0 Å². The van der Waals surface area contributed by atoms with Crippen LogP contribution in [0.1, 0.15) is 22.8 Å². The molecular weight excluding hydrogens is 178 g/mol. The molecule has 0 aromatic carbocycles. The van der Waals surface area contributed by atoms with Crippen LogP contribution in [0.5, 0.6) is 0 Å². The average Bonchev–Trinajstić information content (AvgIpc) is 2.47. The largest absolute Gasteiger partial charge is 0.326 e. The summed E-state index contributed by atoms with van der Waals surface area (Å²) < 4.78 is 1.74. The van der Waals surface area contributed by atoms with E-state index >= 15 is 0 Å². The Morgan fingerprint density at radius 2 is 1.93 bits per heavy atom. The van der Waals surface area contributed by atoms with E-state index in [-0.39, 0.29) is 0 Å². The summed E-state index contributed by atoms with van der Waals surface area (Å²) in [5.74, 6) is 1.38. The first-order chi connectivity index (χ1) is 6.63. The van der Waals surface area contributed by atoms with Crippen LogP contribution in [-0.2, 0) is 6.54 Å². The summed E-state index contributed by atoms with van der Waals surface area (Å²) in [6.07, 6.45) is 0. The number of nitrogens with two attached hydrogens (primary N) is 1. The second kappa shape index (κ2) is 3.02. The second-order valence-electron chi connectivity index (χ2n) is 3.34. The van der Waals surface area contributed by atoms with Crippen molar-refractivity contribution in [3.05, 3.63) is 22.8 Å². The molecular formula is C9H13N5. The lowest BCUT2D eigenvalue weighted by Gasteiger charge is -2.06. The highest BCUT2D eigenvalue weighted by Gasteiger charge is 2.10. The van der Waals surface area contributed by atoms with Gasteiger partial charge in [0.05, 0.1) is 0 Å². The summed E-state index contributed by atoms with van der Waals surface area (Å²) in [7, 11) is 0. The Morgan fingerprint density at radius 3 is 2.57 bits per heavy atom. The zero-order valence-corrected chi connectivity index (χ0v) is 8.57. The number of fused-ring (bicyclic) bond motifs is 1. The molecule has 0 radical (unpaired) electrons. The monoisotopic (exact) mass is 191 g/mol. The number of hydrogen-bond acceptors (Lipinski definition) is 4. The molecule has 0 spiro atoms. The number of rotatable bonds is 1. The fourth-order valence-corrected chi connectivity index (χ4v) is 1.60. The van der Waals surface area contributed by atoms with E-state index in [0.717, 1.165) is 22.8 Å². The van der Waals surface area contributed by atoms with Crippen molar-refractivity contribution >= 4 is 5.78 Å². The minimum Gasteiger partial charge on any atom is -0.326 e. The predicted octanol–water partition coefficient (Wildman–Crippen LogP) is 0.508. The summed E-state index contributed by atoms with van der Waals surface area (Å²) in [6.45, 7) is 6.27. The van der Waals surface area contributed by atoms with Crippen molar-refractivity contribution in [2.45, 2.75) is 27.3 Å². The van der Waals surface area contributed by atoms with Crippen LogP contribution in [0.4, 0.5) is 0 Å². The highest BCUT2D eigenvalue weighted by Crippen LogP contribution is 2.12. The first-order valence-electron chi connectivity index (χ1n) is 4.53. The van der Waals surface area contributed by atoms with Crippen LogP contribution < -0.4 is 5.73 Å². The zero-order valence-electron chi connectivity index (χ0n) is 8.57. The van der Waals surface area contributed by atoms with Crippen LogP contribution in [0, 0.1) is 20.8 Å². The van der Waals surface area contributed by atoms with E-state index in [2.05, 4.69) is 15.1 Å². The number of hydrogen-bond donors (Lipinski definition) is 1. The normalized spacial score (nSPS) is 11.1. The van der Waals surface area contributed by atoms with Crippen LogP contribution in [0.15, 0.2) is 0 Å². The molecule has 0 atom stereocenters. The van der Waals surface area contributed by atoms with E-state index in [1.54, 1.807) is 4.52 Å². The van der Waals surface area contributed by atoms with E-state index in [0.29, 0.717) is 12.3 Å². The van der Waals surface area contributed by atoms with Crippen LogP contribution in [0.25, 0.3) is 5.78 Å². The SMILES string of the molecule is Cc1nc2nc(C)c(CN)c(C)n2n1. The van der Waals surface area contributed by atoms with E-state index in [1.807, 2.05) is 20.8 Å². The van der Waals surface area contributed by atoms with Gasteiger partial charge in [0.15, 0.2) is 0 Å². The molecule has 0 fully saturated rings. The van der Waals surface area contributed by atoms with Gasteiger partial charge in [0, 0.05) is 23.5 Å². The third-order valence-electron chi connectivity index (χ3n) is 2.36. The third-order valence-corrected chi connectivity index (χ3v) is 2.36. The van der Waals surface area contributed by atoms with Crippen molar-refractivity contribution in [1.82, 2.24) is 19.6 Å². The van der Waals surface area contributed by atoms with Crippen molar-refractivity contribution in [3.63, 3.8) is 0 Å². The molecule has 0 unspecified atom stereocenters. The van der Waals surface area contributed by atoms with E-state index in [1.165, 1.54) is 0 Å². The molecule has 74 valence electrons. The number of nitrogens with zero attached hydrogens (tertiary/aromatic N) is 4. The zero-order chi connectivity index (χ0) is 10.3. The molecule has 2 N–H and O–H groups in total. The van der Waals surface area contributed by atoms with Gasteiger partial charge in [0.25, 0.3) is 5.78 Å². The van der Waals surface area contributed by atoms with Gasteiger partial charge in [-0.15, -0.1) is 0 Å². The Kier molecular flexibility index (Phi) is 1.96. The summed E-state index contributed by atoms with van der Waals surface area (Å²) in [5, 5.41) is 4.25. The molecule has 2 aromatic rings. The topological polar surface area (TPSA) is 69.1 Å². The quantitative estimate of drug-likeness (QED) is 0.713. The minimum absolute atomic E-state index is 0.486. The fraction of sp³-hybridized carbons (Fsp3) is 0.444. The van der Waals surface area contributed by atoms with E-state index < -0.39 is 0 Å². The maximum Gasteiger partial charge on any atom is 0.252 e. The maximum absolute atomic E-state index is 5.65. The summed E-state index contributed by atoms with van der Waals surface area (Å²) in [4.78, 5) is 8.55. The summed E-state index contributed by atoms with van der Waals surface area (Å²) in [6, 6.07) is 0. The van der Waals surface area contributed by atoms with Crippen LogP contribution in [0.3, 0.4) is 0 Å². The molecule has 5 heteroatoms. The van der Waals surface area contributed by atoms with Crippen LogP contribution in [0.2, 0.25) is 0 Å². The van der Waals surface area contributed by atoms with Gasteiger partial charge in [0.2, 0.25) is 0 Å². The standard InChI is InChI=1S/C9H13N5/c1-5-8(4-10)6(2)14-9(11-5)12-7(3)13-14/h4,10H2,1-3H3. The van der Waals surface area contributed by atoms with Gasteiger partial charge in [-0.25, -0.2) is 9.50 Å². The molecule has 0 saturated carbocycles. The molecule has 0 bridgehead atoms. The third kappa shape index (κ3) is 1.17. The Hall–Kier alpha value is -1.49. The highest BCUT2D eigenvalue weighted by atomic mass is 15.3. The lowest BCUT2D eigenvalue weighted by atomic mass is 10.2. The molecule has 2 heterocycles. The Labute approximate surface area is 82.0 Å². The molecule has 0 amide bonds. The van der Waals surface area contributed by atoms with Gasteiger partial charge in [-0.05, 0) is 20.8 Å². The molecule has 2 rings (SSSR count). The smallest absolute Gasteiger partial charge is 0.252 e. The van der Waals surface area contributed by atoms with Crippen LogP contribution >= 0.6 is 0 Å². The molecule has 2 aromatic heterocycles. The molecule has 0 aliphatic carbocycles. The van der Waals surface area contributed by atoms with Crippen LogP contribution in [-0.4, -0.2) is 19.6 Å². The van der Waals surface area contributed by atoms with Crippen molar-refractivity contribution < 1.29 is 0 Å². The van der Waals surface area contributed by atoms with Gasteiger partial charge >= 0.3 is 0 Å². The lowest BCUT2D eigenvalue weighted by molar-refractivity contribution is 0.833. The summed E-state index contributed by atoms with van der Waals surface area (Å²) >= 11 is 0. The molecule has 0 saturated heterocycles. The van der Waals surface area contributed by atoms with E-state index in [4.69, 9.17) is 5.73 Å². The van der Waals surface area contributed by atoms with Crippen molar-refractivity contribution in [1.29, 1.82) is 0 Å². The highest BCUT2D eigenvalue weighted by molar-refractivity contribution is 5.36. The molecule has 5 nitrogen and oxygen atoms in total. The van der Waals surface area contributed by atoms with Gasteiger partial charge in [-0.3, -0.25) is 0 Å². The Balaban J connectivity index is 2.84. The van der Waals surface area contributed by atoms with Crippen molar-refractivity contribution in [2.75, 3.05) is 0 Å². The summed E-state index contributed by atoms with van der Waals surface area (Å²) in [5.41, 5.74) is 8.65. The average molecular weight is 191 g/mol.